The molecule has 1 aromatic rings. The molecule has 3 rings (SSSR count). The van der Waals surface area contributed by atoms with E-state index in [1.54, 1.807) is 12.1 Å². The maximum Gasteiger partial charge on any atom is 0.182 e. The van der Waals surface area contributed by atoms with Crippen molar-refractivity contribution in [2.45, 2.75) is 51.7 Å². The summed E-state index contributed by atoms with van der Waals surface area (Å²) in [6, 6.07) is 3.74. The van der Waals surface area contributed by atoms with Crippen molar-refractivity contribution in [2.75, 3.05) is 11.1 Å². The molecule has 4 N–H and O–H groups in total. The number of hydrogen-bond acceptors (Lipinski definition) is 6. The summed E-state index contributed by atoms with van der Waals surface area (Å²) in [7, 11) is 0. The lowest BCUT2D eigenvalue weighted by Crippen LogP contribution is -2.39. The van der Waals surface area contributed by atoms with Gasteiger partial charge in [0.05, 0.1) is 6.17 Å². The lowest BCUT2D eigenvalue weighted by atomic mass is 9.81. The predicted molar refractivity (Wildman–Crippen MR) is 91.9 cm³/mol. The highest BCUT2D eigenvalue weighted by Crippen LogP contribution is 2.34. The van der Waals surface area contributed by atoms with E-state index in [9.17, 15) is 14.4 Å². The van der Waals surface area contributed by atoms with Crippen molar-refractivity contribution in [3.8, 4) is 0 Å². The Morgan fingerprint density at radius 3 is 2.54 bits per heavy atom. The number of rotatable bonds is 4. The van der Waals surface area contributed by atoms with Gasteiger partial charge in [0.1, 0.15) is 5.92 Å². The Bertz CT molecular complexity index is 696. The fourth-order valence-corrected chi connectivity index (χ4v) is 3.53. The molecule has 128 valence electrons. The van der Waals surface area contributed by atoms with Crippen LogP contribution in [-0.4, -0.2) is 29.6 Å². The number of carbonyl (C=O) groups excluding carboxylic acids is 3. The highest BCUT2D eigenvalue weighted by Gasteiger charge is 2.38. The number of nitrogen functional groups attached to an aromatic ring is 1. The van der Waals surface area contributed by atoms with E-state index in [1.165, 1.54) is 0 Å². The Morgan fingerprint density at radius 1 is 1.25 bits per heavy atom. The van der Waals surface area contributed by atoms with Crippen molar-refractivity contribution in [2.24, 2.45) is 5.92 Å². The van der Waals surface area contributed by atoms with Crippen molar-refractivity contribution in [3.63, 3.8) is 0 Å². The molecule has 1 saturated carbocycles. The van der Waals surface area contributed by atoms with Gasteiger partial charge in [-0.2, -0.15) is 0 Å². The molecule has 1 aliphatic heterocycles. The molecule has 1 fully saturated rings. The zero-order chi connectivity index (χ0) is 17.4. The first kappa shape index (κ1) is 16.6. The second-order valence-corrected chi connectivity index (χ2v) is 6.86. The van der Waals surface area contributed by atoms with Gasteiger partial charge >= 0.3 is 0 Å². The molecule has 6 heteroatoms. The molecule has 6 nitrogen and oxygen atoms in total. The summed E-state index contributed by atoms with van der Waals surface area (Å²) in [6.45, 7) is 4.12. The summed E-state index contributed by atoms with van der Waals surface area (Å²) in [6.07, 6.45) is 1.83. The van der Waals surface area contributed by atoms with Crippen molar-refractivity contribution in [1.29, 1.82) is 0 Å². The highest BCUT2D eigenvalue weighted by atomic mass is 16.2. The van der Waals surface area contributed by atoms with Crippen molar-refractivity contribution < 1.29 is 14.4 Å². The van der Waals surface area contributed by atoms with Gasteiger partial charge in [-0.15, -0.1) is 0 Å². The van der Waals surface area contributed by atoms with Crippen LogP contribution in [0.5, 0.6) is 0 Å². The first-order valence-electron chi connectivity index (χ1n) is 8.42. The number of ketones is 3. The maximum atomic E-state index is 12.7. The number of fused-ring (bicyclic) bond motifs is 1. The molecule has 1 heterocycles. The number of nitrogens with two attached hydrogens (primary N) is 1. The van der Waals surface area contributed by atoms with Crippen LogP contribution >= 0.6 is 0 Å². The van der Waals surface area contributed by atoms with Gasteiger partial charge in [0.15, 0.2) is 17.3 Å². The Kier molecular flexibility index (Phi) is 4.41. The van der Waals surface area contributed by atoms with Gasteiger partial charge < -0.3 is 11.1 Å². The summed E-state index contributed by atoms with van der Waals surface area (Å²) in [5.41, 5.74) is 8.64. The molecule has 2 aliphatic rings. The number of carbonyl (C=O) groups is 3. The largest absolute Gasteiger partial charge is 0.398 e. The van der Waals surface area contributed by atoms with Crippen molar-refractivity contribution >= 4 is 28.7 Å². The molecule has 0 aromatic heterocycles. The van der Waals surface area contributed by atoms with Crippen molar-refractivity contribution in [1.82, 2.24) is 5.32 Å². The van der Waals surface area contributed by atoms with Gasteiger partial charge in [-0.25, -0.2) is 0 Å². The van der Waals surface area contributed by atoms with E-state index >= 15 is 0 Å². The van der Waals surface area contributed by atoms with Gasteiger partial charge in [0, 0.05) is 47.8 Å². The normalized spacial score (nSPS) is 21.0. The number of benzene rings is 1. The molecule has 1 aromatic carbocycles. The van der Waals surface area contributed by atoms with E-state index in [2.05, 4.69) is 24.5 Å². The molecule has 0 spiro atoms. The zero-order valence-electron chi connectivity index (χ0n) is 14.0. The van der Waals surface area contributed by atoms with E-state index in [1.807, 2.05) is 0 Å². The molecule has 24 heavy (non-hydrogen) atoms. The predicted octanol–water partition coefficient (Wildman–Crippen LogP) is 1.68. The Morgan fingerprint density at radius 2 is 1.92 bits per heavy atom. The smallest absolute Gasteiger partial charge is 0.182 e. The minimum Gasteiger partial charge on any atom is -0.398 e. The number of hydrogen-bond donors (Lipinski definition) is 3. The number of Topliss-reactive ketones (excluding diaryl/α,β-unsaturated/α-hetero) is 3. The first-order chi connectivity index (χ1) is 11.4. The van der Waals surface area contributed by atoms with Crippen LogP contribution in [0.15, 0.2) is 12.1 Å². The Hall–Kier alpha value is -2.21. The molecular formula is C18H23N3O3. The third-order valence-corrected chi connectivity index (χ3v) is 4.65. The molecular weight excluding hydrogens is 306 g/mol. The van der Waals surface area contributed by atoms with Gasteiger partial charge in [-0.3, -0.25) is 19.7 Å². The van der Waals surface area contributed by atoms with Gasteiger partial charge in [0.25, 0.3) is 0 Å². The van der Waals surface area contributed by atoms with E-state index < -0.39 is 11.7 Å². The lowest BCUT2D eigenvalue weighted by Gasteiger charge is -2.19. The van der Waals surface area contributed by atoms with Gasteiger partial charge in [-0.05, 0) is 32.4 Å². The molecule has 1 aliphatic carbocycles. The van der Waals surface area contributed by atoms with E-state index in [4.69, 9.17) is 5.73 Å². The standard InChI is InChI=1S/C18H23N3O3/c1-9(2)20-15-8-11-12(21-15)7-6-10(17(11)19)18(24)16-13(22)4-3-5-14(16)23/h6-7,9,15-16,20-21H,3-5,8,19H2,1-2H3. The third-order valence-electron chi connectivity index (χ3n) is 4.65. The highest BCUT2D eigenvalue weighted by molar-refractivity contribution is 6.26. The van der Waals surface area contributed by atoms with Crippen LogP contribution in [0, 0.1) is 5.92 Å². The number of nitrogens with one attached hydrogen (secondary N) is 2. The zero-order valence-corrected chi connectivity index (χ0v) is 14.0. The fourth-order valence-electron chi connectivity index (χ4n) is 3.53. The topological polar surface area (TPSA) is 101 Å². The van der Waals surface area contributed by atoms with Crippen LogP contribution in [0.4, 0.5) is 11.4 Å². The second kappa shape index (κ2) is 6.36. The van der Waals surface area contributed by atoms with Crippen LogP contribution in [0.2, 0.25) is 0 Å². The fraction of sp³-hybridized carbons (Fsp3) is 0.500. The summed E-state index contributed by atoms with van der Waals surface area (Å²) < 4.78 is 0. The molecule has 0 amide bonds. The van der Waals surface area contributed by atoms with E-state index in [0.29, 0.717) is 24.6 Å². The van der Waals surface area contributed by atoms with Crippen LogP contribution in [-0.2, 0) is 16.0 Å². The van der Waals surface area contributed by atoms with Crippen LogP contribution in [0.25, 0.3) is 0 Å². The van der Waals surface area contributed by atoms with Gasteiger partial charge in [0.2, 0.25) is 0 Å². The summed E-state index contributed by atoms with van der Waals surface area (Å²) in [5, 5.41) is 6.72. The van der Waals surface area contributed by atoms with Crippen LogP contribution in [0.3, 0.4) is 0 Å². The quantitative estimate of drug-likeness (QED) is 0.441. The average molecular weight is 329 g/mol. The molecule has 1 unspecified atom stereocenters. The minimum absolute atomic E-state index is 0.0607. The summed E-state index contributed by atoms with van der Waals surface area (Å²) in [5.74, 6) is -2.19. The molecule has 1 atom stereocenters. The summed E-state index contributed by atoms with van der Waals surface area (Å²) >= 11 is 0. The van der Waals surface area contributed by atoms with E-state index in [-0.39, 0.29) is 36.1 Å². The number of anilines is 2. The van der Waals surface area contributed by atoms with Crippen LogP contribution < -0.4 is 16.4 Å². The van der Waals surface area contributed by atoms with Crippen molar-refractivity contribution in [3.05, 3.63) is 23.3 Å². The second-order valence-electron chi connectivity index (χ2n) is 6.86. The maximum absolute atomic E-state index is 12.7. The minimum atomic E-state index is -1.17. The summed E-state index contributed by atoms with van der Waals surface area (Å²) in [4.78, 5) is 36.8. The lowest BCUT2D eigenvalue weighted by molar-refractivity contribution is -0.133. The molecule has 0 radical (unpaired) electrons. The Labute approximate surface area is 141 Å². The molecule has 0 bridgehead atoms. The monoisotopic (exact) mass is 329 g/mol. The average Bonchev–Trinajstić information content (AvgIpc) is 2.90. The van der Waals surface area contributed by atoms with E-state index in [0.717, 1.165) is 11.3 Å². The van der Waals surface area contributed by atoms with Gasteiger partial charge in [-0.1, -0.05) is 0 Å². The molecule has 0 saturated heterocycles. The first-order valence-corrected chi connectivity index (χ1v) is 8.42. The Balaban J connectivity index is 1.88. The van der Waals surface area contributed by atoms with Crippen LogP contribution in [0.1, 0.15) is 49.0 Å². The third kappa shape index (κ3) is 2.94. The SMILES string of the molecule is CC(C)NC1Cc2c(ccc(C(=O)C3C(=O)CCCC3=O)c2N)N1.